The minimum absolute atomic E-state index is 0.166. The lowest BCUT2D eigenvalue weighted by atomic mass is 9.76. The fourth-order valence-electron chi connectivity index (χ4n) is 6.20. The molecule has 5 rings (SSSR count). The van der Waals surface area contributed by atoms with Crippen molar-refractivity contribution in [3.05, 3.63) is 29.6 Å². The van der Waals surface area contributed by atoms with Crippen molar-refractivity contribution < 1.29 is 29.2 Å². The summed E-state index contributed by atoms with van der Waals surface area (Å²) in [7, 11) is 0. The van der Waals surface area contributed by atoms with Crippen LogP contribution in [0.25, 0.3) is 0 Å². The molecule has 4 aliphatic rings. The van der Waals surface area contributed by atoms with E-state index in [0.29, 0.717) is 11.3 Å². The Balaban J connectivity index is 1.63. The van der Waals surface area contributed by atoms with Crippen molar-refractivity contribution >= 4 is 23.4 Å². The molecule has 30 heavy (non-hydrogen) atoms. The molecule has 5 atom stereocenters. The Bertz CT molecular complexity index is 927. The van der Waals surface area contributed by atoms with Crippen LogP contribution in [0.15, 0.2) is 18.2 Å². The molecular weight excluding hydrogens is 389 g/mol. The van der Waals surface area contributed by atoms with Crippen molar-refractivity contribution in [2.75, 3.05) is 5.32 Å². The first-order valence-electron chi connectivity index (χ1n) is 10.9. The second-order valence-corrected chi connectivity index (χ2v) is 9.19. The van der Waals surface area contributed by atoms with Gasteiger partial charge in [-0.05, 0) is 38.0 Å². The monoisotopic (exact) mass is 416 g/mol. The Morgan fingerprint density at radius 3 is 2.53 bits per heavy atom. The van der Waals surface area contributed by atoms with E-state index in [9.17, 15) is 23.9 Å². The van der Waals surface area contributed by atoms with E-state index in [1.807, 2.05) is 0 Å². The molecule has 1 spiro atoms. The number of rotatable bonds is 2. The molecule has 0 aromatic heterocycles. The van der Waals surface area contributed by atoms with Crippen LogP contribution in [-0.4, -0.2) is 45.9 Å². The Morgan fingerprint density at radius 2 is 1.87 bits per heavy atom. The van der Waals surface area contributed by atoms with Crippen LogP contribution < -0.4 is 10.6 Å². The molecule has 1 saturated carbocycles. The molecule has 1 aliphatic carbocycles. The molecule has 3 heterocycles. The van der Waals surface area contributed by atoms with E-state index in [1.165, 1.54) is 23.1 Å². The molecule has 1 aromatic carbocycles. The maximum Gasteiger partial charge on any atom is 0.291 e. The molecule has 0 radical (unpaired) electrons. The van der Waals surface area contributed by atoms with Gasteiger partial charge in [-0.25, -0.2) is 4.39 Å². The van der Waals surface area contributed by atoms with E-state index in [2.05, 4.69) is 5.32 Å². The summed E-state index contributed by atoms with van der Waals surface area (Å²) in [5.41, 5.74) is -0.596. The predicted molar refractivity (Wildman–Crippen MR) is 104 cm³/mol. The van der Waals surface area contributed by atoms with E-state index in [1.54, 1.807) is 12.2 Å². The van der Waals surface area contributed by atoms with Crippen LogP contribution in [0.5, 0.6) is 0 Å². The number of imide groups is 1. The van der Waals surface area contributed by atoms with Crippen molar-refractivity contribution in [2.24, 2.45) is 11.8 Å². The van der Waals surface area contributed by atoms with Crippen LogP contribution in [0.1, 0.15) is 51.0 Å². The van der Waals surface area contributed by atoms with Crippen LogP contribution in [-0.2, 0) is 19.9 Å². The van der Waals surface area contributed by atoms with Crippen molar-refractivity contribution in [3.63, 3.8) is 0 Å². The first kappa shape index (κ1) is 19.6. The summed E-state index contributed by atoms with van der Waals surface area (Å²) >= 11 is 0. The van der Waals surface area contributed by atoms with Crippen molar-refractivity contribution in [1.29, 1.82) is 0 Å². The standard InChI is InChI=1S/C22H26FN3O4/c1-11(27)18-16-17(20(29)26(19(16)28)13-6-4-2-3-5-7-13)22(25-18)14-10-12(23)8-9-15(14)24-21(22)30/h8-11,13,16-18,25,27H,2-7H2,1H3,(H,24,30)/p+1/t11-,16+,17+,18-,22+/m1/s1. The number of quaternary nitrogens is 1. The number of aliphatic hydroxyl groups is 1. The summed E-state index contributed by atoms with van der Waals surface area (Å²) in [5, 5.41) is 14.9. The number of hydrogen-bond acceptors (Lipinski definition) is 4. The zero-order valence-electron chi connectivity index (χ0n) is 16.9. The number of aliphatic hydroxyl groups excluding tert-OH is 1. The molecule has 8 heteroatoms. The van der Waals surface area contributed by atoms with Gasteiger partial charge in [-0.1, -0.05) is 25.7 Å². The summed E-state index contributed by atoms with van der Waals surface area (Å²) in [6.07, 6.45) is 4.72. The molecule has 3 fully saturated rings. The lowest BCUT2D eigenvalue weighted by Crippen LogP contribution is -3.00. The number of nitrogens with two attached hydrogens (primary N) is 1. The first-order chi connectivity index (χ1) is 14.4. The number of benzene rings is 1. The average Bonchev–Trinajstić information content (AvgIpc) is 3.18. The molecule has 0 bridgehead atoms. The highest BCUT2D eigenvalue weighted by Crippen LogP contribution is 2.50. The van der Waals surface area contributed by atoms with Gasteiger partial charge in [-0.3, -0.25) is 19.3 Å². The van der Waals surface area contributed by atoms with Crippen LogP contribution in [0.3, 0.4) is 0 Å². The Morgan fingerprint density at radius 1 is 1.17 bits per heavy atom. The largest absolute Gasteiger partial charge is 0.387 e. The second-order valence-electron chi connectivity index (χ2n) is 9.19. The number of nitrogens with one attached hydrogen (secondary N) is 1. The zero-order chi connectivity index (χ0) is 21.2. The molecular formula is C22H27FN3O4+. The van der Waals surface area contributed by atoms with E-state index >= 15 is 0 Å². The molecule has 1 aromatic rings. The van der Waals surface area contributed by atoms with Gasteiger partial charge in [0.25, 0.3) is 5.91 Å². The molecule has 7 nitrogen and oxygen atoms in total. The van der Waals surface area contributed by atoms with Gasteiger partial charge < -0.3 is 15.7 Å². The van der Waals surface area contributed by atoms with Crippen LogP contribution in [0.2, 0.25) is 0 Å². The smallest absolute Gasteiger partial charge is 0.291 e. The molecule has 3 aliphatic heterocycles. The third kappa shape index (κ3) is 2.53. The summed E-state index contributed by atoms with van der Waals surface area (Å²) < 4.78 is 14.1. The van der Waals surface area contributed by atoms with Gasteiger partial charge in [-0.15, -0.1) is 0 Å². The highest BCUT2D eigenvalue weighted by atomic mass is 19.1. The number of carbonyl (C=O) groups is 3. The number of nitrogens with zero attached hydrogens (tertiary/aromatic N) is 1. The fraction of sp³-hybridized carbons (Fsp3) is 0.591. The maximum atomic E-state index is 14.1. The molecule has 3 amide bonds. The van der Waals surface area contributed by atoms with Crippen LogP contribution >= 0.6 is 0 Å². The van der Waals surface area contributed by atoms with Gasteiger partial charge in [-0.2, -0.15) is 0 Å². The minimum atomic E-state index is -1.43. The Hall–Kier alpha value is -2.32. The summed E-state index contributed by atoms with van der Waals surface area (Å²) in [6.45, 7) is 1.57. The highest BCUT2D eigenvalue weighted by molar-refractivity contribution is 6.14. The van der Waals surface area contributed by atoms with Crippen LogP contribution in [0.4, 0.5) is 10.1 Å². The maximum absolute atomic E-state index is 14.1. The predicted octanol–water partition coefficient (Wildman–Crippen LogP) is 0.623. The third-order valence-electron chi connectivity index (χ3n) is 7.54. The number of hydrogen-bond donors (Lipinski definition) is 3. The topological polar surface area (TPSA) is 103 Å². The van der Waals surface area contributed by atoms with Crippen molar-refractivity contribution in [2.45, 2.75) is 69.2 Å². The Labute approximate surface area is 174 Å². The van der Waals surface area contributed by atoms with Gasteiger partial charge in [0.1, 0.15) is 29.8 Å². The normalized spacial score (nSPS) is 34.8. The molecule has 2 saturated heterocycles. The third-order valence-corrected chi connectivity index (χ3v) is 7.54. The van der Waals surface area contributed by atoms with Gasteiger partial charge in [0.15, 0.2) is 0 Å². The summed E-state index contributed by atoms with van der Waals surface area (Å²) in [5.74, 6) is -3.34. The highest BCUT2D eigenvalue weighted by Gasteiger charge is 2.75. The van der Waals surface area contributed by atoms with Gasteiger partial charge >= 0.3 is 0 Å². The fourth-order valence-corrected chi connectivity index (χ4v) is 6.20. The average molecular weight is 416 g/mol. The number of likely N-dealkylation sites (tertiary alicyclic amines) is 1. The van der Waals surface area contributed by atoms with Crippen molar-refractivity contribution in [1.82, 2.24) is 4.90 Å². The van der Waals surface area contributed by atoms with Crippen LogP contribution in [0, 0.1) is 17.7 Å². The quantitative estimate of drug-likeness (QED) is 0.486. The number of amides is 3. The number of halogens is 1. The number of anilines is 1. The number of fused-ring (bicyclic) bond motifs is 4. The first-order valence-corrected chi connectivity index (χ1v) is 10.9. The lowest BCUT2D eigenvalue weighted by Gasteiger charge is -2.30. The SMILES string of the molecule is C[C@@H](O)[C@H]1[NH2+][C@]2(C(=O)Nc3ccc(F)cc32)[C@@H]2C(=O)N(C3CCCCCC3)C(=O)[C@H]12. The van der Waals surface area contributed by atoms with Crippen molar-refractivity contribution in [3.8, 4) is 0 Å². The van der Waals surface area contributed by atoms with Gasteiger partial charge in [0.2, 0.25) is 17.4 Å². The van der Waals surface area contributed by atoms with E-state index in [0.717, 1.165) is 38.5 Å². The van der Waals surface area contributed by atoms with E-state index < -0.39 is 41.2 Å². The molecule has 4 N–H and O–H groups in total. The minimum Gasteiger partial charge on any atom is -0.387 e. The lowest BCUT2D eigenvalue weighted by molar-refractivity contribution is -0.738. The van der Waals surface area contributed by atoms with Gasteiger partial charge in [0.05, 0.1) is 5.69 Å². The second kappa shape index (κ2) is 6.85. The number of carbonyl (C=O) groups excluding carboxylic acids is 3. The molecule has 160 valence electrons. The summed E-state index contributed by atoms with van der Waals surface area (Å²) in [6, 6.07) is 3.21. The van der Waals surface area contributed by atoms with E-state index in [-0.39, 0.29) is 17.9 Å². The Kier molecular flexibility index (Phi) is 4.48. The van der Waals surface area contributed by atoms with Gasteiger partial charge in [0, 0.05) is 11.6 Å². The zero-order valence-corrected chi connectivity index (χ0v) is 16.9. The summed E-state index contributed by atoms with van der Waals surface area (Å²) in [4.78, 5) is 41.8. The van der Waals surface area contributed by atoms with E-state index in [4.69, 9.17) is 0 Å². The molecule has 0 unspecified atom stereocenters.